The number of benzene rings is 1. The van der Waals surface area contributed by atoms with Crippen LogP contribution in [0.25, 0.3) is 0 Å². The van der Waals surface area contributed by atoms with E-state index >= 15 is 0 Å². The molecule has 1 saturated heterocycles. The molecule has 20 heavy (non-hydrogen) atoms. The molecule has 3 heteroatoms. The van der Waals surface area contributed by atoms with E-state index in [1.54, 1.807) is 0 Å². The van der Waals surface area contributed by atoms with Crippen LogP contribution < -0.4 is 15.0 Å². The van der Waals surface area contributed by atoms with Crippen molar-refractivity contribution in [3.63, 3.8) is 0 Å². The second kappa shape index (κ2) is 6.98. The van der Waals surface area contributed by atoms with Crippen LogP contribution in [0.2, 0.25) is 0 Å². The predicted molar refractivity (Wildman–Crippen MR) is 85.8 cm³/mol. The maximum atomic E-state index is 5.80. The molecule has 1 aromatic rings. The van der Waals surface area contributed by atoms with Gasteiger partial charge in [0.05, 0.1) is 12.3 Å². The van der Waals surface area contributed by atoms with Gasteiger partial charge in [-0.3, -0.25) is 0 Å². The van der Waals surface area contributed by atoms with E-state index in [4.69, 9.17) is 4.74 Å². The van der Waals surface area contributed by atoms with E-state index in [1.165, 1.54) is 12.1 Å². The van der Waals surface area contributed by atoms with E-state index in [-0.39, 0.29) is 5.54 Å². The standard InChI is InChI=1S/C17H28N2O/c1-4-17(5-2)14-19(13-9-12-18-17)15-10-7-8-11-16(15)20-6-3/h7-8,10-11,18H,4-6,9,12-14H2,1-3H3. The molecule has 1 fully saturated rings. The van der Waals surface area contributed by atoms with E-state index in [1.807, 2.05) is 6.92 Å². The summed E-state index contributed by atoms with van der Waals surface area (Å²) >= 11 is 0. The fraction of sp³-hybridized carbons (Fsp3) is 0.647. The van der Waals surface area contributed by atoms with Crippen LogP contribution in [-0.2, 0) is 0 Å². The first-order valence-corrected chi connectivity index (χ1v) is 7.96. The highest BCUT2D eigenvalue weighted by atomic mass is 16.5. The molecule has 1 aliphatic rings. The van der Waals surface area contributed by atoms with Crippen molar-refractivity contribution in [2.45, 2.75) is 45.6 Å². The molecule has 2 rings (SSSR count). The number of ether oxygens (including phenoxy) is 1. The Bertz CT molecular complexity index is 415. The van der Waals surface area contributed by atoms with Gasteiger partial charge in [0.25, 0.3) is 0 Å². The Labute approximate surface area is 123 Å². The van der Waals surface area contributed by atoms with Gasteiger partial charge in [-0.15, -0.1) is 0 Å². The van der Waals surface area contributed by atoms with Crippen LogP contribution in [0.3, 0.4) is 0 Å². The second-order valence-electron chi connectivity index (χ2n) is 5.59. The fourth-order valence-corrected chi connectivity index (χ4v) is 3.05. The molecule has 1 heterocycles. The van der Waals surface area contributed by atoms with E-state index in [2.05, 4.69) is 48.3 Å². The normalized spacial score (nSPS) is 18.6. The zero-order valence-corrected chi connectivity index (χ0v) is 13.1. The predicted octanol–water partition coefficient (Wildman–Crippen LogP) is 3.44. The highest BCUT2D eigenvalue weighted by Gasteiger charge is 2.31. The number of anilines is 1. The van der Waals surface area contributed by atoms with Crippen LogP contribution in [-0.4, -0.2) is 31.8 Å². The first kappa shape index (κ1) is 15.2. The lowest BCUT2D eigenvalue weighted by atomic mass is 9.92. The lowest BCUT2D eigenvalue weighted by Gasteiger charge is -2.36. The minimum absolute atomic E-state index is 0.232. The highest BCUT2D eigenvalue weighted by Crippen LogP contribution is 2.31. The highest BCUT2D eigenvalue weighted by molar-refractivity contribution is 5.58. The molecular weight excluding hydrogens is 248 g/mol. The van der Waals surface area contributed by atoms with E-state index in [0.717, 1.165) is 44.8 Å². The molecule has 0 spiro atoms. The smallest absolute Gasteiger partial charge is 0.142 e. The molecule has 0 aliphatic carbocycles. The van der Waals surface area contributed by atoms with Crippen molar-refractivity contribution in [1.29, 1.82) is 0 Å². The summed E-state index contributed by atoms with van der Waals surface area (Å²) in [7, 11) is 0. The lowest BCUT2D eigenvalue weighted by Crippen LogP contribution is -2.50. The molecule has 3 nitrogen and oxygen atoms in total. The first-order chi connectivity index (χ1) is 9.74. The zero-order valence-electron chi connectivity index (χ0n) is 13.1. The average molecular weight is 276 g/mol. The summed E-state index contributed by atoms with van der Waals surface area (Å²) in [6.07, 6.45) is 3.51. The molecule has 0 amide bonds. The molecule has 0 unspecified atom stereocenters. The minimum Gasteiger partial charge on any atom is -0.492 e. The van der Waals surface area contributed by atoms with E-state index in [9.17, 15) is 0 Å². The Balaban J connectivity index is 2.26. The van der Waals surface area contributed by atoms with E-state index in [0.29, 0.717) is 0 Å². The third-order valence-corrected chi connectivity index (χ3v) is 4.46. The summed E-state index contributed by atoms with van der Waals surface area (Å²) in [5, 5.41) is 3.76. The molecule has 0 radical (unpaired) electrons. The van der Waals surface area contributed by atoms with Gasteiger partial charge in [-0.05, 0) is 44.9 Å². The van der Waals surface area contributed by atoms with Crippen molar-refractivity contribution in [2.75, 3.05) is 31.1 Å². The summed E-state index contributed by atoms with van der Waals surface area (Å²) in [6, 6.07) is 8.43. The monoisotopic (exact) mass is 276 g/mol. The number of nitrogens with one attached hydrogen (secondary N) is 1. The summed E-state index contributed by atoms with van der Waals surface area (Å²) in [6.45, 7) is 10.6. The third kappa shape index (κ3) is 3.26. The number of hydrogen-bond donors (Lipinski definition) is 1. The number of hydrogen-bond acceptors (Lipinski definition) is 3. The quantitative estimate of drug-likeness (QED) is 0.891. The van der Waals surface area contributed by atoms with Crippen LogP contribution >= 0.6 is 0 Å². The van der Waals surface area contributed by atoms with Crippen molar-refractivity contribution in [3.05, 3.63) is 24.3 Å². The van der Waals surface area contributed by atoms with Crippen molar-refractivity contribution in [3.8, 4) is 5.75 Å². The summed E-state index contributed by atoms with van der Waals surface area (Å²) in [5.41, 5.74) is 1.47. The first-order valence-electron chi connectivity index (χ1n) is 7.96. The molecule has 0 atom stereocenters. The van der Waals surface area contributed by atoms with Crippen LogP contribution in [0.5, 0.6) is 5.75 Å². The minimum atomic E-state index is 0.232. The number of nitrogens with zero attached hydrogens (tertiary/aromatic N) is 1. The Morgan fingerprint density at radius 2 is 1.95 bits per heavy atom. The van der Waals surface area contributed by atoms with Gasteiger partial charge in [0, 0.05) is 18.6 Å². The van der Waals surface area contributed by atoms with Crippen molar-refractivity contribution in [1.82, 2.24) is 5.32 Å². The maximum Gasteiger partial charge on any atom is 0.142 e. The van der Waals surface area contributed by atoms with Gasteiger partial charge in [0.1, 0.15) is 5.75 Å². The molecule has 1 aliphatic heterocycles. The van der Waals surface area contributed by atoms with Gasteiger partial charge < -0.3 is 15.0 Å². The van der Waals surface area contributed by atoms with Gasteiger partial charge in [-0.25, -0.2) is 0 Å². The molecular formula is C17H28N2O. The molecule has 1 aromatic carbocycles. The van der Waals surface area contributed by atoms with E-state index < -0.39 is 0 Å². The van der Waals surface area contributed by atoms with Crippen molar-refractivity contribution < 1.29 is 4.74 Å². The molecule has 112 valence electrons. The topological polar surface area (TPSA) is 24.5 Å². The average Bonchev–Trinajstić information content (AvgIpc) is 2.71. The van der Waals surface area contributed by atoms with Gasteiger partial charge in [0.2, 0.25) is 0 Å². The van der Waals surface area contributed by atoms with Crippen LogP contribution in [0.1, 0.15) is 40.0 Å². The second-order valence-corrected chi connectivity index (χ2v) is 5.59. The largest absolute Gasteiger partial charge is 0.492 e. The number of para-hydroxylation sites is 2. The summed E-state index contributed by atoms with van der Waals surface area (Å²) in [5.74, 6) is 1.01. The van der Waals surface area contributed by atoms with Crippen LogP contribution in [0, 0.1) is 0 Å². The van der Waals surface area contributed by atoms with Crippen molar-refractivity contribution in [2.24, 2.45) is 0 Å². The van der Waals surface area contributed by atoms with Crippen LogP contribution in [0.15, 0.2) is 24.3 Å². The Morgan fingerprint density at radius 3 is 2.65 bits per heavy atom. The van der Waals surface area contributed by atoms with Gasteiger partial charge in [-0.1, -0.05) is 26.0 Å². The molecule has 0 bridgehead atoms. The summed E-state index contributed by atoms with van der Waals surface area (Å²) < 4.78 is 5.80. The lowest BCUT2D eigenvalue weighted by molar-refractivity contribution is 0.318. The third-order valence-electron chi connectivity index (χ3n) is 4.46. The fourth-order valence-electron chi connectivity index (χ4n) is 3.05. The van der Waals surface area contributed by atoms with Crippen molar-refractivity contribution >= 4 is 5.69 Å². The summed E-state index contributed by atoms with van der Waals surface area (Å²) in [4.78, 5) is 2.50. The SMILES string of the molecule is CCOc1ccccc1N1CCCNC(CC)(CC)C1. The van der Waals surface area contributed by atoms with Gasteiger partial charge in [0.15, 0.2) is 0 Å². The Hall–Kier alpha value is -1.22. The number of rotatable bonds is 5. The Morgan fingerprint density at radius 1 is 1.20 bits per heavy atom. The van der Waals surface area contributed by atoms with Gasteiger partial charge >= 0.3 is 0 Å². The molecule has 1 N–H and O–H groups in total. The zero-order chi connectivity index (χ0) is 14.4. The van der Waals surface area contributed by atoms with Crippen LogP contribution in [0.4, 0.5) is 5.69 Å². The maximum absolute atomic E-state index is 5.80. The van der Waals surface area contributed by atoms with Gasteiger partial charge in [-0.2, -0.15) is 0 Å². The molecule has 0 saturated carbocycles. The molecule has 0 aromatic heterocycles. The Kier molecular flexibility index (Phi) is 5.30.